The van der Waals surface area contributed by atoms with E-state index in [9.17, 15) is 0 Å². The smallest absolute Gasteiger partial charge is 0.166 e. The van der Waals surface area contributed by atoms with Crippen LogP contribution in [0.25, 0.3) is 0 Å². The van der Waals surface area contributed by atoms with Gasteiger partial charge in [0.2, 0.25) is 0 Å². The molecule has 98 valence electrons. The standard InChI is InChI=1S/C14H18ClNO2/c1-8-6-10-13(15)9(11-4-3-5-16-11)7-12(17-2)14(10)18-8/h7-8,11,16H,3-6H2,1-2H3. The fourth-order valence-electron chi connectivity index (χ4n) is 2.89. The van der Waals surface area contributed by atoms with Gasteiger partial charge >= 0.3 is 0 Å². The monoisotopic (exact) mass is 267 g/mol. The van der Waals surface area contributed by atoms with E-state index in [1.807, 2.05) is 6.07 Å². The van der Waals surface area contributed by atoms with Crippen LogP contribution in [-0.4, -0.2) is 19.8 Å². The predicted octanol–water partition coefficient (Wildman–Crippen LogP) is 3.10. The van der Waals surface area contributed by atoms with Gasteiger partial charge in [-0.3, -0.25) is 0 Å². The van der Waals surface area contributed by atoms with Crippen LogP contribution in [0.4, 0.5) is 0 Å². The fraction of sp³-hybridized carbons (Fsp3) is 0.571. The van der Waals surface area contributed by atoms with Gasteiger partial charge in [0.25, 0.3) is 0 Å². The van der Waals surface area contributed by atoms with Crippen LogP contribution < -0.4 is 14.8 Å². The Bertz CT molecular complexity index is 469. The van der Waals surface area contributed by atoms with E-state index in [0.29, 0.717) is 6.04 Å². The van der Waals surface area contributed by atoms with Gasteiger partial charge in [0, 0.05) is 18.0 Å². The number of benzene rings is 1. The van der Waals surface area contributed by atoms with E-state index in [2.05, 4.69) is 12.2 Å². The average Bonchev–Trinajstić information content (AvgIpc) is 2.98. The van der Waals surface area contributed by atoms with Crippen LogP contribution in [0.1, 0.15) is 36.9 Å². The lowest BCUT2D eigenvalue weighted by molar-refractivity contribution is 0.243. The summed E-state index contributed by atoms with van der Waals surface area (Å²) < 4.78 is 11.2. The van der Waals surface area contributed by atoms with Crippen molar-refractivity contribution in [3.05, 3.63) is 22.2 Å². The highest BCUT2D eigenvalue weighted by Gasteiger charge is 2.30. The van der Waals surface area contributed by atoms with E-state index in [1.165, 1.54) is 6.42 Å². The van der Waals surface area contributed by atoms with Gasteiger partial charge in [-0.1, -0.05) is 11.6 Å². The highest BCUT2D eigenvalue weighted by Crippen LogP contribution is 2.46. The number of nitrogens with one attached hydrogen (secondary N) is 1. The topological polar surface area (TPSA) is 30.5 Å². The minimum Gasteiger partial charge on any atom is -0.493 e. The molecule has 1 saturated heterocycles. The number of halogens is 1. The Balaban J connectivity index is 2.08. The largest absolute Gasteiger partial charge is 0.493 e. The summed E-state index contributed by atoms with van der Waals surface area (Å²) in [6.45, 7) is 3.12. The Hall–Kier alpha value is -0.930. The Kier molecular flexibility index (Phi) is 3.12. The number of hydrogen-bond donors (Lipinski definition) is 1. The van der Waals surface area contributed by atoms with Crippen LogP contribution >= 0.6 is 11.6 Å². The maximum Gasteiger partial charge on any atom is 0.166 e. The zero-order valence-electron chi connectivity index (χ0n) is 10.8. The van der Waals surface area contributed by atoms with Gasteiger partial charge in [0.1, 0.15) is 6.10 Å². The first kappa shape index (κ1) is 12.1. The molecule has 3 nitrogen and oxygen atoms in total. The van der Waals surface area contributed by atoms with Gasteiger partial charge in [-0.2, -0.15) is 0 Å². The molecule has 0 aliphatic carbocycles. The van der Waals surface area contributed by atoms with E-state index >= 15 is 0 Å². The zero-order valence-corrected chi connectivity index (χ0v) is 11.5. The molecule has 0 saturated carbocycles. The van der Waals surface area contributed by atoms with Gasteiger partial charge in [-0.15, -0.1) is 0 Å². The van der Waals surface area contributed by atoms with Gasteiger partial charge in [-0.05, 0) is 37.9 Å². The molecule has 0 radical (unpaired) electrons. The first-order valence-corrected chi connectivity index (χ1v) is 6.87. The molecule has 0 aromatic heterocycles. The first-order chi connectivity index (χ1) is 8.70. The van der Waals surface area contributed by atoms with Crippen LogP contribution in [0.2, 0.25) is 5.02 Å². The highest BCUT2D eigenvalue weighted by molar-refractivity contribution is 6.32. The third-order valence-electron chi connectivity index (χ3n) is 3.77. The summed E-state index contributed by atoms with van der Waals surface area (Å²) in [4.78, 5) is 0. The Labute approximate surface area is 112 Å². The van der Waals surface area contributed by atoms with Crippen molar-refractivity contribution in [1.82, 2.24) is 5.32 Å². The molecule has 2 aliphatic heterocycles. The molecule has 2 heterocycles. The number of rotatable bonds is 2. The molecule has 1 aromatic rings. The summed E-state index contributed by atoms with van der Waals surface area (Å²) in [6, 6.07) is 2.38. The SMILES string of the molecule is COc1cc(C2CCCN2)c(Cl)c2c1OC(C)C2. The molecule has 18 heavy (non-hydrogen) atoms. The molecule has 1 aromatic carbocycles. The summed E-state index contributed by atoms with van der Waals surface area (Å²) in [6.07, 6.45) is 3.38. The van der Waals surface area contributed by atoms with Crippen molar-refractivity contribution in [3.8, 4) is 11.5 Å². The summed E-state index contributed by atoms with van der Waals surface area (Å²) in [5.41, 5.74) is 2.26. The molecular weight excluding hydrogens is 250 g/mol. The number of fused-ring (bicyclic) bond motifs is 1. The van der Waals surface area contributed by atoms with Crippen molar-refractivity contribution in [2.45, 2.75) is 38.3 Å². The molecule has 1 fully saturated rings. The molecule has 2 atom stereocenters. The van der Waals surface area contributed by atoms with Crippen molar-refractivity contribution in [2.75, 3.05) is 13.7 Å². The fourth-order valence-corrected chi connectivity index (χ4v) is 3.24. The minimum absolute atomic E-state index is 0.179. The quantitative estimate of drug-likeness (QED) is 0.893. The predicted molar refractivity (Wildman–Crippen MR) is 71.8 cm³/mol. The van der Waals surface area contributed by atoms with Crippen molar-refractivity contribution >= 4 is 11.6 Å². The lowest BCUT2D eigenvalue weighted by Crippen LogP contribution is -2.13. The van der Waals surface area contributed by atoms with Crippen LogP contribution in [0.3, 0.4) is 0 Å². The number of hydrogen-bond acceptors (Lipinski definition) is 3. The van der Waals surface area contributed by atoms with E-state index in [0.717, 1.165) is 47.0 Å². The number of ether oxygens (including phenoxy) is 2. The van der Waals surface area contributed by atoms with E-state index in [4.69, 9.17) is 21.1 Å². The van der Waals surface area contributed by atoms with Gasteiger partial charge in [0.15, 0.2) is 11.5 Å². The summed E-state index contributed by atoms with van der Waals surface area (Å²) in [5, 5.41) is 4.34. The van der Waals surface area contributed by atoms with E-state index in [1.54, 1.807) is 7.11 Å². The Morgan fingerprint density at radius 3 is 3.00 bits per heavy atom. The van der Waals surface area contributed by atoms with Crippen LogP contribution in [0.5, 0.6) is 11.5 Å². The maximum atomic E-state index is 6.55. The van der Waals surface area contributed by atoms with Crippen LogP contribution in [0, 0.1) is 0 Å². The molecular formula is C14H18ClNO2. The zero-order chi connectivity index (χ0) is 12.7. The molecule has 2 aliphatic rings. The molecule has 0 amide bonds. The highest BCUT2D eigenvalue weighted by atomic mass is 35.5. The van der Waals surface area contributed by atoms with Crippen LogP contribution in [-0.2, 0) is 6.42 Å². The molecule has 4 heteroatoms. The van der Waals surface area contributed by atoms with Gasteiger partial charge in [-0.25, -0.2) is 0 Å². The lowest BCUT2D eigenvalue weighted by Gasteiger charge is -2.17. The second-order valence-corrected chi connectivity index (χ2v) is 5.45. The minimum atomic E-state index is 0.179. The molecule has 0 spiro atoms. The molecule has 0 bridgehead atoms. The second kappa shape index (κ2) is 4.63. The van der Waals surface area contributed by atoms with Gasteiger partial charge in [0.05, 0.1) is 12.1 Å². The van der Waals surface area contributed by atoms with E-state index in [-0.39, 0.29) is 6.10 Å². The third kappa shape index (κ3) is 1.86. The second-order valence-electron chi connectivity index (χ2n) is 5.07. The number of methoxy groups -OCH3 is 1. The van der Waals surface area contributed by atoms with Crippen molar-refractivity contribution < 1.29 is 9.47 Å². The molecule has 3 rings (SSSR count). The van der Waals surface area contributed by atoms with Crippen molar-refractivity contribution in [3.63, 3.8) is 0 Å². The van der Waals surface area contributed by atoms with Crippen molar-refractivity contribution in [2.24, 2.45) is 0 Å². The lowest BCUT2D eigenvalue weighted by atomic mass is 9.99. The van der Waals surface area contributed by atoms with Gasteiger partial charge < -0.3 is 14.8 Å². The normalized spacial score (nSPS) is 25.9. The molecule has 1 N–H and O–H groups in total. The van der Waals surface area contributed by atoms with Crippen molar-refractivity contribution in [1.29, 1.82) is 0 Å². The first-order valence-electron chi connectivity index (χ1n) is 6.50. The maximum absolute atomic E-state index is 6.55. The third-order valence-corrected chi connectivity index (χ3v) is 4.22. The van der Waals surface area contributed by atoms with E-state index < -0.39 is 0 Å². The molecule has 2 unspecified atom stereocenters. The summed E-state index contributed by atoms with van der Waals surface area (Å²) >= 11 is 6.55. The average molecular weight is 268 g/mol. The summed E-state index contributed by atoms with van der Waals surface area (Å²) in [5.74, 6) is 1.64. The van der Waals surface area contributed by atoms with Crippen LogP contribution in [0.15, 0.2) is 6.07 Å². The Morgan fingerprint density at radius 2 is 2.33 bits per heavy atom. The Morgan fingerprint density at radius 1 is 1.50 bits per heavy atom. The summed E-state index contributed by atoms with van der Waals surface area (Å²) in [7, 11) is 1.68.